The molecule has 0 saturated heterocycles. The molecule has 100 valence electrons. The number of aromatic amines is 1. The molecule has 0 atom stereocenters. The maximum atomic E-state index is 5.44. The highest BCUT2D eigenvalue weighted by molar-refractivity contribution is 7.71. The third-order valence-electron chi connectivity index (χ3n) is 2.53. The van der Waals surface area contributed by atoms with Crippen LogP contribution in [0.15, 0.2) is 29.4 Å². The number of ether oxygens (including phenoxy) is 1. The van der Waals surface area contributed by atoms with Gasteiger partial charge >= 0.3 is 0 Å². The lowest BCUT2D eigenvalue weighted by Crippen LogP contribution is -1.97. The van der Waals surface area contributed by atoms with Gasteiger partial charge in [0.25, 0.3) is 0 Å². The van der Waals surface area contributed by atoms with Crippen LogP contribution in [-0.2, 0) is 6.42 Å². The van der Waals surface area contributed by atoms with Crippen LogP contribution in [0.5, 0.6) is 5.75 Å². The Bertz CT molecular complexity index is 630. The number of hydrogen-bond acceptors (Lipinski definition) is 4. The van der Waals surface area contributed by atoms with Gasteiger partial charge in [-0.25, -0.2) is 0 Å². The van der Waals surface area contributed by atoms with E-state index >= 15 is 0 Å². The minimum atomic E-state index is 0.495. The Morgan fingerprint density at radius 2 is 2.32 bits per heavy atom. The average Bonchev–Trinajstić information content (AvgIpc) is 2.78. The number of nitrogens with one attached hydrogen (secondary N) is 1. The first-order valence-electron chi connectivity index (χ1n) is 6.18. The second kappa shape index (κ2) is 6.29. The van der Waals surface area contributed by atoms with Crippen LogP contribution in [0.2, 0.25) is 0 Å². The van der Waals surface area contributed by atoms with Crippen molar-refractivity contribution < 1.29 is 4.74 Å². The van der Waals surface area contributed by atoms with Crippen LogP contribution in [0.25, 0.3) is 0 Å². The first-order valence-corrected chi connectivity index (χ1v) is 6.59. The van der Waals surface area contributed by atoms with E-state index < -0.39 is 0 Å². The molecular formula is C13H16N4OS. The molecule has 0 amide bonds. The Morgan fingerprint density at radius 1 is 1.47 bits per heavy atom. The van der Waals surface area contributed by atoms with Crippen LogP contribution in [-0.4, -0.2) is 27.7 Å². The molecule has 0 bridgehead atoms. The van der Waals surface area contributed by atoms with E-state index in [4.69, 9.17) is 17.0 Å². The van der Waals surface area contributed by atoms with Gasteiger partial charge in [0.2, 0.25) is 4.77 Å². The zero-order valence-electron chi connectivity index (χ0n) is 11.0. The fourth-order valence-electron chi connectivity index (χ4n) is 1.65. The van der Waals surface area contributed by atoms with Gasteiger partial charge in [0.05, 0.1) is 12.8 Å². The van der Waals surface area contributed by atoms with E-state index in [9.17, 15) is 0 Å². The summed E-state index contributed by atoms with van der Waals surface area (Å²) in [4.78, 5) is 0. The van der Waals surface area contributed by atoms with Crippen LogP contribution < -0.4 is 4.74 Å². The topological polar surface area (TPSA) is 55.2 Å². The van der Waals surface area contributed by atoms with Crippen molar-refractivity contribution in [1.82, 2.24) is 14.9 Å². The second-order valence-corrected chi connectivity index (χ2v) is 4.25. The van der Waals surface area contributed by atoms with Crippen molar-refractivity contribution in [3.8, 4) is 5.75 Å². The van der Waals surface area contributed by atoms with Crippen molar-refractivity contribution in [1.29, 1.82) is 0 Å². The lowest BCUT2D eigenvalue weighted by atomic mass is 10.2. The Balaban J connectivity index is 2.24. The largest absolute Gasteiger partial charge is 0.494 e. The van der Waals surface area contributed by atoms with Crippen molar-refractivity contribution in [2.75, 3.05) is 6.61 Å². The third kappa shape index (κ3) is 3.29. The van der Waals surface area contributed by atoms with Crippen molar-refractivity contribution in [3.63, 3.8) is 0 Å². The molecule has 2 rings (SSSR count). The Labute approximate surface area is 116 Å². The Morgan fingerprint density at radius 3 is 3.05 bits per heavy atom. The smallest absolute Gasteiger partial charge is 0.216 e. The maximum absolute atomic E-state index is 5.44. The van der Waals surface area contributed by atoms with E-state index in [1.165, 1.54) is 0 Å². The normalized spacial score (nSPS) is 11.1. The summed E-state index contributed by atoms with van der Waals surface area (Å²) in [5.74, 6) is 1.64. The van der Waals surface area contributed by atoms with E-state index in [-0.39, 0.29) is 0 Å². The number of rotatable bonds is 5. The summed E-state index contributed by atoms with van der Waals surface area (Å²) in [6, 6.07) is 7.74. The molecule has 1 N–H and O–H groups in total. The molecule has 19 heavy (non-hydrogen) atoms. The highest BCUT2D eigenvalue weighted by Crippen LogP contribution is 2.12. The summed E-state index contributed by atoms with van der Waals surface area (Å²) in [5, 5.41) is 11.2. The quantitative estimate of drug-likeness (QED) is 0.675. The molecule has 2 aromatic rings. The molecule has 0 unspecified atom stereocenters. The fraction of sp³-hybridized carbons (Fsp3) is 0.308. The molecule has 0 aliphatic rings. The highest BCUT2D eigenvalue weighted by atomic mass is 32.1. The number of nitrogens with zero attached hydrogens (tertiary/aromatic N) is 3. The van der Waals surface area contributed by atoms with Crippen LogP contribution in [0.1, 0.15) is 25.2 Å². The van der Waals surface area contributed by atoms with E-state index in [0.717, 1.165) is 23.6 Å². The van der Waals surface area contributed by atoms with Crippen LogP contribution >= 0.6 is 12.2 Å². The van der Waals surface area contributed by atoms with Gasteiger partial charge in [-0.05, 0) is 36.8 Å². The van der Waals surface area contributed by atoms with Crippen LogP contribution in [0.3, 0.4) is 0 Å². The summed E-state index contributed by atoms with van der Waals surface area (Å²) in [7, 11) is 0. The molecule has 6 heteroatoms. The molecular weight excluding hydrogens is 260 g/mol. The highest BCUT2D eigenvalue weighted by Gasteiger charge is 2.01. The van der Waals surface area contributed by atoms with Gasteiger partial charge in [-0.15, -0.1) is 0 Å². The summed E-state index contributed by atoms with van der Waals surface area (Å²) in [5.41, 5.74) is 0.955. The van der Waals surface area contributed by atoms with Gasteiger partial charge in [0, 0.05) is 6.42 Å². The molecule has 0 fully saturated rings. The molecule has 1 aromatic heterocycles. The molecule has 0 saturated carbocycles. The van der Waals surface area contributed by atoms with E-state index in [2.05, 4.69) is 15.3 Å². The summed E-state index contributed by atoms with van der Waals surface area (Å²) >= 11 is 5.13. The minimum Gasteiger partial charge on any atom is -0.494 e. The predicted octanol–water partition coefficient (Wildman–Crippen LogP) is 2.78. The average molecular weight is 276 g/mol. The van der Waals surface area contributed by atoms with E-state index in [1.807, 2.05) is 38.1 Å². The summed E-state index contributed by atoms with van der Waals surface area (Å²) in [6.07, 6.45) is 2.51. The van der Waals surface area contributed by atoms with Crippen LogP contribution in [0.4, 0.5) is 0 Å². The number of H-pyrrole nitrogens is 1. The van der Waals surface area contributed by atoms with Gasteiger partial charge in [0.15, 0.2) is 5.82 Å². The second-order valence-electron chi connectivity index (χ2n) is 3.86. The monoisotopic (exact) mass is 276 g/mol. The maximum Gasteiger partial charge on any atom is 0.216 e. The van der Waals surface area contributed by atoms with Gasteiger partial charge in [-0.1, -0.05) is 19.1 Å². The van der Waals surface area contributed by atoms with Crippen molar-refractivity contribution in [3.05, 3.63) is 40.4 Å². The van der Waals surface area contributed by atoms with Gasteiger partial charge in [-0.3, -0.25) is 5.10 Å². The first-order chi connectivity index (χ1) is 9.24. The zero-order valence-corrected chi connectivity index (χ0v) is 11.8. The SMILES string of the molecule is CCOc1cccc(C=Nn2c(CC)n[nH]c2=S)c1. The molecule has 5 nitrogen and oxygen atoms in total. The van der Waals surface area contributed by atoms with Crippen molar-refractivity contribution >= 4 is 18.4 Å². The van der Waals surface area contributed by atoms with Crippen LogP contribution in [0, 0.1) is 4.77 Å². The molecule has 0 spiro atoms. The standard InChI is InChI=1S/C13H16N4OS/c1-3-12-15-16-13(19)17(12)14-9-10-6-5-7-11(8-10)18-4-2/h5-9H,3-4H2,1-2H3,(H,16,19). The summed E-state index contributed by atoms with van der Waals surface area (Å²) in [6.45, 7) is 4.61. The first kappa shape index (κ1) is 13.5. The molecule has 1 aromatic carbocycles. The lowest BCUT2D eigenvalue weighted by molar-refractivity contribution is 0.340. The Hall–Kier alpha value is -1.95. The molecule has 0 aliphatic heterocycles. The van der Waals surface area contributed by atoms with Crippen molar-refractivity contribution in [2.24, 2.45) is 5.10 Å². The van der Waals surface area contributed by atoms with E-state index in [0.29, 0.717) is 11.4 Å². The number of aromatic nitrogens is 3. The van der Waals surface area contributed by atoms with Gasteiger partial charge in [-0.2, -0.15) is 14.9 Å². The predicted molar refractivity (Wildman–Crippen MR) is 77.4 cm³/mol. The third-order valence-corrected chi connectivity index (χ3v) is 2.79. The van der Waals surface area contributed by atoms with E-state index in [1.54, 1.807) is 10.9 Å². The van der Waals surface area contributed by atoms with Gasteiger partial charge in [0.1, 0.15) is 5.75 Å². The number of aryl methyl sites for hydroxylation is 1. The number of benzene rings is 1. The summed E-state index contributed by atoms with van der Waals surface area (Å²) < 4.78 is 7.57. The molecule has 0 radical (unpaired) electrons. The molecule has 0 aliphatic carbocycles. The molecule has 1 heterocycles. The fourth-order valence-corrected chi connectivity index (χ4v) is 1.85. The number of hydrogen-bond donors (Lipinski definition) is 1. The Kier molecular flexibility index (Phi) is 4.46. The zero-order chi connectivity index (χ0) is 13.7. The van der Waals surface area contributed by atoms with Gasteiger partial charge < -0.3 is 4.74 Å². The lowest BCUT2D eigenvalue weighted by Gasteiger charge is -2.03. The minimum absolute atomic E-state index is 0.495. The van der Waals surface area contributed by atoms with Crippen molar-refractivity contribution in [2.45, 2.75) is 20.3 Å².